The highest BCUT2D eigenvalue weighted by Gasteiger charge is 2.15. The van der Waals surface area contributed by atoms with E-state index in [0.717, 1.165) is 30.9 Å². The molecule has 1 amide bonds. The van der Waals surface area contributed by atoms with Crippen molar-refractivity contribution in [2.75, 3.05) is 25.5 Å². The number of hydrogen-bond donors (Lipinski definition) is 2. The maximum absolute atomic E-state index is 12.0. The Morgan fingerprint density at radius 2 is 1.92 bits per heavy atom. The Kier molecular flexibility index (Phi) is 7.75. The molecule has 6 heteroatoms. The Hall–Kier alpha value is -2.24. The van der Waals surface area contributed by atoms with Gasteiger partial charge in [-0.3, -0.25) is 4.79 Å². The smallest absolute Gasteiger partial charge is 0.224 e. The lowest BCUT2D eigenvalue weighted by molar-refractivity contribution is -0.116. The maximum Gasteiger partial charge on any atom is 0.224 e. The van der Waals surface area contributed by atoms with Crippen LogP contribution >= 0.6 is 12.4 Å². The first kappa shape index (κ1) is 20.1. The minimum Gasteiger partial charge on any atom is -0.497 e. The van der Waals surface area contributed by atoms with Crippen LogP contribution in [0.5, 0.6) is 17.2 Å². The molecule has 5 nitrogen and oxygen atoms in total. The number of halogens is 1. The Morgan fingerprint density at radius 1 is 1.15 bits per heavy atom. The van der Waals surface area contributed by atoms with Crippen LogP contribution in [0.3, 0.4) is 0 Å². The molecule has 1 fully saturated rings. The fourth-order valence-electron chi connectivity index (χ4n) is 2.93. The lowest BCUT2D eigenvalue weighted by Gasteiger charge is -2.10. The molecule has 1 atom stereocenters. The number of ether oxygens (including phenoxy) is 2. The van der Waals surface area contributed by atoms with Crippen molar-refractivity contribution in [3.05, 3.63) is 48.5 Å². The van der Waals surface area contributed by atoms with Crippen LogP contribution in [0.2, 0.25) is 0 Å². The molecule has 140 valence electrons. The third kappa shape index (κ3) is 5.93. The van der Waals surface area contributed by atoms with Crippen LogP contribution in [0.4, 0.5) is 5.69 Å². The van der Waals surface area contributed by atoms with Gasteiger partial charge in [-0.1, -0.05) is 6.07 Å². The van der Waals surface area contributed by atoms with Gasteiger partial charge in [0.2, 0.25) is 5.91 Å². The summed E-state index contributed by atoms with van der Waals surface area (Å²) in [7, 11) is 1.62. The van der Waals surface area contributed by atoms with Gasteiger partial charge in [0.15, 0.2) is 0 Å². The van der Waals surface area contributed by atoms with Crippen LogP contribution in [-0.4, -0.2) is 26.1 Å². The predicted octanol–water partition coefficient (Wildman–Crippen LogP) is 4.24. The zero-order chi connectivity index (χ0) is 17.5. The van der Waals surface area contributed by atoms with Gasteiger partial charge >= 0.3 is 0 Å². The van der Waals surface area contributed by atoms with Crippen molar-refractivity contribution in [1.29, 1.82) is 0 Å². The van der Waals surface area contributed by atoms with Gasteiger partial charge in [-0.05, 0) is 68.2 Å². The number of carbonyl (C=O) groups is 1. The lowest BCUT2D eigenvalue weighted by atomic mass is 10.0. The zero-order valence-electron chi connectivity index (χ0n) is 14.9. The second kappa shape index (κ2) is 10.0. The highest BCUT2D eigenvalue weighted by molar-refractivity contribution is 5.90. The summed E-state index contributed by atoms with van der Waals surface area (Å²) in [5, 5.41) is 6.27. The van der Waals surface area contributed by atoms with Crippen molar-refractivity contribution >= 4 is 24.0 Å². The fraction of sp³-hybridized carbons (Fsp3) is 0.350. The molecule has 0 radical (unpaired) electrons. The average Bonchev–Trinajstić information content (AvgIpc) is 3.15. The first-order chi connectivity index (χ1) is 12.2. The van der Waals surface area contributed by atoms with Gasteiger partial charge in [0.05, 0.1) is 7.11 Å². The molecule has 0 aromatic heterocycles. The van der Waals surface area contributed by atoms with Crippen LogP contribution in [0, 0.1) is 5.92 Å². The van der Waals surface area contributed by atoms with E-state index in [1.165, 1.54) is 6.42 Å². The van der Waals surface area contributed by atoms with E-state index in [2.05, 4.69) is 10.6 Å². The summed E-state index contributed by atoms with van der Waals surface area (Å²) in [4.78, 5) is 12.0. The van der Waals surface area contributed by atoms with Crippen molar-refractivity contribution in [3.8, 4) is 17.2 Å². The molecule has 0 aliphatic carbocycles. The van der Waals surface area contributed by atoms with Crippen molar-refractivity contribution < 1.29 is 14.3 Å². The van der Waals surface area contributed by atoms with Crippen LogP contribution in [0.15, 0.2) is 48.5 Å². The van der Waals surface area contributed by atoms with Crippen LogP contribution in [0.25, 0.3) is 0 Å². The van der Waals surface area contributed by atoms with E-state index in [1.54, 1.807) is 7.11 Å². The summed E-state index contributed by atoms with van der Waals surface area (Å²) >= 11 is 0. The number of anilines is 1. The van der Waals surface area contributed by atoms with Crippen molar-refractivity contribution in [2.24, 2.45) is 5.92 Å². The summed E-state index contributed by atoms with van der Waals surface area (Å²) < 4.78 is 11.0. The van der Waals surface area contributed by atoms with E-state index in [-0.39, 0.29) is 18.3 Å². The van der Waals surface area contributed by atoms with Gasteiger partial charge in [-0.2, -0.15) is 0 Å². The summed E-state index contributed by atoms with van der Waals surface area (Å²) in [5.41, 5.74) is 0.785. The molecule has 1 aliphatic rings. The first-order valence-electron chi connectivity index (χ1n) is 8.65. The normalized spacial score (nSPS) is 15.8. The predicted molar refractivity (Wildman–Crippen MR) is 106 cm³/mol. The average molecular weight is 377 g/mol. The molecule has 2 aromatic rings. The monoisotopic (exact) mass is 376 g/mol. The number of amides is 1. The largest absolute Gasteiger partial charge is 0.497 e. The van der Waals surface area contributed by atoms with E-state index in [4.69, 9.17) is 9.47 Å². The second-order valence-electron chi connectivity index (χ2n) is 6.25. The van der Waals surface area contributed by atoms with Crippen molar-refractivity contribution in [1.82, 2.24) is 5.32 Å². The molecule has 1 unspecified atom stereocenters. The minimum absolute atomic E-state index is 0. The molecule has 0 saturated carbocycles. The Bertz CT molecular complexity index is 700. The lowest BCUT2D eigenvalue weighted by Crippen LogP contribution is -2.14. The van der Waals surface area contributed by atoms with E-state index < -0.39 is 0 Å². The topological polar surface area (TPSA) is 59.6 Å². The van der Waals surface area contributed by atoms with Gasteiger partial charge < -0.3 is 20.1 Å². The molecule has 0 spiro atoms. The molecule has 1 aliphatic heterocycles. The standard InChI is InChI=1S/C20H24N2O3.ClH/c1-24-18-3-2-4-19(13-18)25-17-8-6-16(7-9-17)22-20(23)10-5-15-11-12-21-14-15;/h2-4,6-9,13,15,21H,5,10-12,14H2,1H3,(H,22,23);1H. The van der Waals surface area contributed by atoms with Crippen LogP contribution < -0.4 is 20.1 Å². The Labute approximate surface area is 160 Å². The van der Waals surface area contributed by atoms with E-state index in [1.807, 2.05) is 48.5 Å². The number of nitrogens with one attached hydrogen (secondary N) is 2. The third-order valence-electron chi connectivity index (χ3n) is 4.36. The number of carbonyl (C=O) groups excluding carboxylic acids is 1. The van der Waals surface area contributed by atoms with Crippen LogP contribution in [-0.2, 0) is 4.79 Å². The molecule has 26 heavy (non-hydrogen) atoms. The van der Waals surface area contributed by atoms with E-state index >= 15 is 0 Å². The molecule has 0 bridgehead atoms. The highest BCUT2D eigenvalue weighted by Crippen LogP contribution is 2.26. The first-order valence-corrected chi connectivity index (χ1v) is 8.65. The maximum atomic E-state index is 12.0. The second-order valence-corrected chi connectivity index (χ2v) is 6.25. The number of hydrogen-bond acceptors (Lipinski definition) is 4. The van der Waals surface area contributed by atoms with Crippen LogP contribution in [0.1, 0.15) is 19.3 Å². The zero-order valence-corrected chi connectivity index (χ0v) is 15.7. The van der Waals surface area contributed by atoms with E-state index in [9.17, 15) is 4.79 Å². The minimum atomic E-state index is 0. The Balaban J connectivity index is 0.00000243. The molecule has 3 rings (SSSR count). The van der Waals surface area contributed by atoms with Crippen molar-refractivity contribution in [3.63, 3.8) is 0 Å². The fourth-order valence-corrected chi connectivity index (χ4v) is 2.93. The quantitative estimate of drug-likeness (QED) is 0.758. The van der Waals surface area contributed by atoms with Gasteiger partial charge in [0.25, 0.3) is 0 Å². The van der Waals surface area contributed by atoms with Gasteiger partial charge in [-0.25, -0.2) is 0 Å². The SMILES string of the molecule is COc1cccc(Oc2ccc(NC(=O)CCC3CCNC3)cc2)c1.Cl. The summed E-state index contributed by atoms with van der Waals surface area (Å²) in [6.07, 6.45) is 2.67. The molecular weight excluding hydrogens is 352 g/mol. The Morgan fingerprint density at radius 3 is 2.62 bits per heavy atom. The number of methoxy groups -OCH3 is 1. The van der Waals surface area contributed by atoms with Gasteiger partial charge in [-0.15, -0.1) is 12.4 Å². The van der Waals surface area contributed by atoms with Crippen molar-refractivity contribution in [2.45, 2.75) is 19.3 Å². The highest BCUT2D eigenvalue weighted by atomic mass is 35.5. The third-order valence-corrected chi connectivity index (χ3v) is 4.36. The summed E-state index contributed by atoms with van der Waals surface area (Å²) in [6, 6.07) is 14.8. The number of rotatable bonds is 7. The number of benzene rings is 2. The van der Waals surface area contributed by atoms with E-state index in [0.29, 0.717) is 23.8 Å². The van der Waals surface area contributed by atoms with Gasteiger partial charge in [0.1, 0.15) is 17.2 Å². The molecule has 2 N–H and O–H groups in total. The summed E-state index contributed by atoms with van der Waals surface area (Å²) in [6.45, 7) is 2.10. The van der Waals surface area contributed by atoms with Gasteiger partial charge in [0, 0.05) is 18.2 Å². The molecular formula is C20H25ClN2O3. The molecule has 1 heterocycles. The summed E-state index contributed by atoms with van der Waals surface area (Å²) in [5.74, 6) is 2.86. The molecule has 1 saturated heterocycles. The molecule has 2 aromatic carbocycles.